The average Bonchev–Trinajstić information content (AvgIpc) is 2.33. The van der Waals surface area contributed by atoms with Gasteiger partial charge in [-0.1, -0.05) is 23.2 Å². The number of halogens is 2. The van der Waals surface area contributed by atoms with Gasteiger partial charge in [-0.15, -0.1) is 0 Å². The third-order valence-electron chi connectivity index (χ3n) is 2.18. The predicted molar refractivity (Wildman–Crippen MR) is 68.0 cm³/mol. The number of alkyl halides is 2. The van der Waals surface area contributed by atoms with Crippen LogP contribution in [0.4, 0.5) is 0 Å². The zero-order valence-electron chi connectivity index (χ0n) is 10.1. The van der Waals surface area contributed by atoms with Crippen molar-refractivity contribution in [3.63, 3.8) is 0 Å². The van der Waals surface area contributed by atoms with E-state index >= 15 is 0 Å². The third-order valence-corrected chi connectivity index (χ3v) is 3.02. The molecule has 2 amide bonds. The summed E-state index contributed by atoms with van der Waals surface area (Å²) in [5, 5.41) is 10.9. The number of nitrogens with one attached hydrogen (secondary N) is 1. The lowest BCUT2D eigenvalue weighted by atomic mass is 10.2. The summed E-state index contributed by atoms with van der Waals surface area (Å²) in [4.78, 5) is 22.4. The number of carbonyl (C=O) groups is 2. The van der Waals surface area contributed by atoms with Crippen molar-refractivity contribution in [3.8, 4) is 0 Å². The fraction of sp³-hybridized carbons (Fsp3) is 0.600. The molecule has 0 aromatic rings. The minimum atomic E-state index is -1.35. The lowest BCUT2D eigenvalue weighted by molar-refractivity contribution is -0.121. The van der Waals surface area contributed by atoms with Crippen LogP contribution >= 0.6 is 23.2 Å². The second kappa shape index (κ2) is 8.31. The summed E-state index contributed by atoms with van der Waals surface area (Å²) < 4.78 is 3.61. The van der Waals surface area contributed by atoms with Crippen LogP contribution in [0, 0.1) is 0 Å². The second-order valence-corrected chi connectivity index (χ2v) is 4.91. The van der Waals surface area contributed by atoms with Gasteiger partial charge in [0.15, 0.2) is 4.46 Å². The van der Waals surface area contributed by atoms with E-state index < -0.39 is 16.5 Å². The molecule has 0 rings (SSSR count). The van der Waals surface area contributed by atoms with Crippen LogP contribution in [0.3, 0.4) is 0 Å². The van der Waals surface area contributed by atoms with Crippen LogP contribution in [0.15, 0.2) is 12.3 Å². The maximum atomic E-state index is 11.0. The fourth-order valence-corrected chi connectivity index (χ4v) is 1.49. The maximum absolute atomic E-state index is 11.0. The van der Waals surface area contributed by atoms with Crippen molar-refractivity contribution in [2.75, 3.05) is 20.8 Å². The van der Waals surface area contributed by atoms with Gasteiger partial charge in [0.25, 0.3) is 5.91 Å². The Kier molecular flexibility index (Phi) is 7.93. The van der Waals surface area contributed by atoms with Gasteiger partial charge in [0, 0.05) is 32.9 Å². The van der Waals surface area contributed by atoms with Gasteiger partial charge >= 0.3 is 0 Å². The van der Waals surface area contributed by atoms with Crippen LogP contribution in [0.25, 0.3) is 0 Å². The molecular formula is C10H16Cl2N2O4. The van der Waals surface area contributed by atoms with Crippen molar-refractivity contribution in [2.45, 2.75) is 17.0 Å². The molecule has 0 fully saturated rings. The number of rotatable bonds is 8. The van der Waals surface area contributed by atoms with E-state index in [4.69, 9.17) is 33.0 Å². The van der Waals surface area contributed by atoms with Crippen molar-refractivity contribution < 1.29 is 19.4 Å². The predicted octanol–water partition coefficient (Wildman–Crippen LogP) is 0.233. The maximum Gasteiger partial charge on any atom is 0.251 e. The fourth-order valence-electron chi connectivity index (χ4n) is 1.04. The van der Waals surface area contributed by atoms with Gasteiger partial charge < -0.3 is 14.7 Å². The van der Waals surface area contributed by atoms with E-state index in [2.05, 4.69) is 0 Å². The van der Waals surface area contributed by atoms with Crippen LogP contribution in [0.5, 0.6) is 0 Å². The van der Waals surface area contributed by atoms with E-state index in [1.165, 1.54) is 18.2 Å². The Bertz CT molecular complexity index is 306. The van der Waals surface area contributed by atoms with Gasteiger partial charge in [0.1, 0.15) is 0 Å². The smallest absolute Gasteiger partial charge is 0.251 e. The van der Waals surface area contributed by atoms with Crippen molar-refractivity contribution in [1.29, 1.82) is 0 Å². The highest BCUT2D eigenvalue weighted by atomic mass is 35.5. The summed E-state index contributed by atoms with van der Waals surface area (Å²) in [7, 11) is 2.98. The number of hydrogen-bond donors (Lipinski definition) is 2. The summed E-state index contributed by atoms with van der Waals surface area (Å²) in [6.45, 7) is -0.221. The molecule has 104 valence electrons. The lowest BCUT2D eigenvalue weighted by Crippen LogP contribution is -2.37. The normalized spacial score (nSPS) is 13.4. The molecule has 2 N–H and O–H groups in total. The molecule has 0 aliphatic heterocycles. The first-order valence-electron chi connectivity index (χ1n) is 5.04. The summed E-state index contributed by atoms with van der Waals surface area (Å²) in [6, 6.07) is 0. The van der Waals surface area contributed by atoms with Gasteiger partial charge in [-0.05, 0) is 0 Å². The number of amides is 2. The molecule has 0 radical (unpaired) electrons. The average molecular weight is 299 g/mol. The van der Waals surface area contributed by atoms with Crippen molar-refractivity contribution in [1.82, 2.24) is 10.2 Å². The minimum absolute atomic E-state index is 0.138. The number of hydrogen-bond acceptors (Lipinski definition) is 5. The van der Waals surface area contributed by atoms with E-state index in [1.807, 2.05) is 5.32 Å². The molecule has 1 unspecified atom stereocenters. The minimum Gasteiger partial charge on any atom is -0.394 e. The molecule has 0 saturated carbocycles. The second-order valence-electron chi connectivity index (χ2n) is 3.46. The molecule has 0 aliphatic carbocycles. The first kappa shape index (κ1) is 17.2. The standard InChI is InChI=1S/C10H16Cl2N2O4/c1-14(4-3-9(17)13-7-16)10(11,12)5-8(6-15)18-2/h3-4,7-8,15H,5-6H2,1-2H3,(H,13,16,17)/b4-3-. The largest absolute Gasteiger partial charge is 0.394 e. The van der Waals surface area contributed by atoms with E-state index in [1.54, 1.807) is 7.05 Å². The molecule has 0 aliphatic rings. The van der Waals surface area contributed by atoms with E-state index in [9.17, 15) is 9.59 Å². The third kappa shape index (κ3) is 6.20. The Hall–Kier alpha value is -0.820. The molecule has 0 aromatic carbocycles. The van der Waals surface area contributed by atoms with Crippen LogP contribution in [-0.4, -0.2) is 53.6 Å². The topological polar surface area (TPSA) is 78.9 Å². The Morgan fingerprint density at radius 1 is 1.61 bits per heavy atom. The number of aliphatic hydroxyl groups excluding tert-OH is 1. The molecule has 1 atom stereocenters. The SMILES string of the molecule is COC(CO)CC(Cl)(Cl)N(C)/C=C\C(=O)NC=O. The number of aliphatic hydroxyl groups is 1. The first-order chi connectivity index (χ1) is 8.37. The molecule has 0 heterocycles. The highest BCUT2D eigenvalue weighted by Crippen LogP contribution is 2.31. The van der Waals surface area contributed by atoms with E-state index in [0.717, 1.165) is 6.08 Å². The number of imide groups is 1. The van der Waals surface area contributed by atoms with Gasteiger partial charge in [-0.25, -0.2) is 0 Å². The molecule has 0 saturated heterocycles. The molecule has 0 aromatic heterocycles. The van der Waals surface area contributed by atoms with Gasteiger partial charge in [0.2, 0.25) is 6.41 Å². The molecule has 8 heteroatoms. The van der Waals surface area contributed by atoms with Crippen molar-refractivity contribution in [3.05, 3.63) is 12.3 Å². The van der Waals surface area contributed by atoms with Gasteiger partial charge in [-0.2, -0.15) is 0 Å². The molecule has 6 nitrogen and oxygen atoms in total. The zero-order chi connectivity index (χ0) is 14.2. The number of methoxy groups -OCH3 is 1. The summed E-state index contributed by atoms with van der Waals surface area (Å²) in [6.07, 6.45) is 2.32. The first-order valence-corrected chi connectivity index (χ1v) is 5.79. The van der Waals surface area contributed by atoms with Crippen LogP contribution in [-0.2, 0) is 14.3 Å². The zero-order valence-corrected chi connectivity index (χ0v) is 11.6. The molecule has 0 spiro atoms. The number of carbonyl (C=O) groups excluding carboxylic acids is 2. The van der Waals surface area contributed by atoms with Crippen molar-refractivity contribution in [2.24, 2.45) is 0 Å². The molecule has 0 bridgehead atoms. The number of nitrogens with zero attached hydrogens (tertiary/aromatic N) is 1. The van der Waals surface area contributed by atoms with Gasteiger partial charge in [0.05, 0.1) is 12.7 Å². The molecular weight excluding hydrogens is 283 g/mol. The molecule has 18 heavy (non-hydrogen) atoms. The van der Waals surface area contributed by atoms with Crippen LogP contribution in [0.2, 0.25) is 0 Å². The highest BCUT2D eigenvalue weighted by Gasteiger charge is 2.31. The van der Waals surface area contributed by atoms with Crippen LogP contribution < -0.4 is 5.32 Å². The highest BCUT2D eigenvalue weighted by molar-refractivity contribution is 6.48. The Labute approximate surface area is 115 Å². The van der Waals surface area contributed by atoms with Crippen LogP contribution in [0.1, 0.15) is 6.42 Å². The monoisotopic (exact) mass is 298 g/mol. The number of ether oxygens (including phenoxy) is 1. The lowest BCUT2D eigenvalue weighted by Gasteiger charge is -2.32. The van der Waals surface area contributed by atoms with Crippen molar-refractivity contribution >= 4 is 35.5 Å². The van der Waals surface area contributed by atoms with E-state index in [-0.39, 0.29) is 19.4 Å². The summed E-state index contributed by atoms with van der Waals surface area (Å²) in [5.41, 5.74) is 0. The Morgan fingerprint density at radius 2 is 2.22 bits per heavy atom. The summed E-state index contributed by atoms with van der Waals surface area (Å²) >= 11 is 12.1. The summed E-state index contributed by atoms with van der Waals surface area (Å²) in [5.74, 6) is -0.591. The quantitative estimate of drug-likeness (QED) is 0.290. The van der Waals surface area contributed by atoms with E-state index in [0.29, 0.717) is 0 Å². The van der Waals surface area contributed by atoms with Gasteiger partial charge in [-0.3, -0.25) is 14.9 Å². The Morgan fingerprint density at radius 3 is 2.67 bits per heavy atom. The Balaban J connectivity index is 4.49.